The lowest BCUT2D eigenvalue weighted by Gasteiger charge is -2.08. The Morgan fingerprint density at radius 2 is 1.41 bits per heavy atom. The highest BCUT2D eigenvalue weighted by atomic mass is 79.9. The summed E-state index contributed by atoms with van der Waals surface area (Å²) in [5.74, 6) is -1.37. The van der Waals surface area contributed by atoms with Gasteiger partial charge in [0.2, 0.25) is 11.8 Å². The van der Waals surface area contributed by atoms with Crippen LogP contribution >= 0.6 is 15.9 Å². The molecule has 2 N–H and O–H groups in total. The van der Waals surface area contributed by atoms with Crippen LogP contribution in [-0.2, 0) is 23.7 Å². The third kappa shape index (κ3) is 11.7. The molecule has 0 bridgehead atoms. The Morgan fingerprint density at radius 1 is 0.889 bits per heavy atom. The van der Waals surface area contributed by atoms with Gasteiger partial charge in [-0.1, -0.05) is 28.1 Å². The smallest absolute Gasteiger partial charge is 0.335 e. The second-order valence-electron chi connectivity index (χ2n) is 5.10. The average molecular weight is 452 g/mol. The fraction of sp³-hybridized carbons (Fsp3) is 0.588. The summed E-state index contributed by atoms with van der Waals surface area (Å²) in [6.45, 7) is 3.38. The summed E-state index contributed by atoms with van der Waals surface area (Å²) in [5, 5.41) is 19.5. The van der Waals surface area contributed by atoms with Gasteiger partial charge in [0.15, 0.2) is 0 Å². The molecule has 0 aliphatic carbocycles. The van der Waals surface area contributed by atoms with Crippen LogP contribution in [-0.4, -0.2) is 79.1 Å². The van der Waals surface area contributed by atoms with E-state index in [0.29, 0.717) is 51.0 Å². The van der Waals surface area contributed by atoms with Crippen LogP contribution in [0.15, 0.2) is 24.3 Å². The van der Waals surface area contributed by atoms with E-state index < -0.39 is 5.97 Å². The van der Waals surface area contributed by atoms with Gasteiger partial charge in [-0.15, -0.1) is 4.73 Å². The quantitative estimate of drug-likeness (QED) is 0.219. The van der Waals surface area contributed by atoms with Crippen molar-refractivity contribution in [1.29, 1.82) is 0 Å². The number of carbonyl (C=O) groups excluding carboxylic acids is 1. The molecular weight excluding hydrogens is 426 g/mol. The molecule has 0 spiro atoms. The minimum Gasteiger partial charge on any atom is -0.492 e. The number of allylic oxidation sites excluding steroid dienone is 1. The number of rotatable bonds is 16. The normalized spacial score (nSPS) is 11.3. The molecule has 0 aromatic carbocycles. The van der Waals surface area contributed by atoms with Crippen molar-refractivity contribution in [3.63, 3.8) is 0 Å². The number of halogens is 1. The van der Waals surface area contributed by atoms with Gasteiger partial charge < -0.3 is 34.0 Å². The number of nitrogens with zero attached hydrogens (tertiary/aromatic N) is 1. The first kappa shape index (κ1) is 23.4. The number of hydrogen-bond acceptors (Lipinski definition) is 8. The predicted octanol–water partition coefficient (Wildman–Crippen LogP) is 1.26. The first-order valence-electron chi connectivity index (χ1n) is 8.48. The van der Waals surface area contributed by atoms with Gasteiger partial charge >= 0.3 is 5.97 Å². The van der Waals surface area contributed by atoms with Crippen LogP contribution in [0.5, 0.6) is 11.8 Å². The van der Waals surface area contributed by atoms with Gasteiger partial charge in [-0.05, 0) is 0 Å². The molecule has 0 atom stereocenters. The molecular formula is C17H26BrNO8. The molecule has 0 aliphatic heterocycles. The van der Waals surface area contributed by atoms with Crippen molar-refractivity contribution >= 4 is 21.9 Å². The molecule has 0 saturated carbocycles. The fourth-order valence-corrected chi connectivity index (χ4v) is 2.00. The standard InChI is InChI=1S/C17H26BrNO8/c18-6-1-2-7-23-9-11-25-13-14-26-12-10-24-8-5-17(22)27-19-15(20)3-4-16(19)21/h1-4,20-21H,5-14H2. The number of ether oxygens (including phenoxy) is 4. The van der Waals surface area contributed by atoms with E-state index in [2.05, 4.69) is 15.9 Å². The number of aromatic hydroxyl groups is 2. The highest BCUT2D eigenvalue weighted by molar-refractivity contribution is 9.09. The third-order valence-corrected chi connectivity index (χ3v) is 3.40. The van der Waals surface area contributed by atoms with E-state index in [1.807, 2.05) is 12.2 Å². The van der Waals surface area contributed by atoms with Crippen LogP contribution < -0.4 is 4.84 Å². The molecule has 9 nitrogen and oxygen atoms in total. The minimum atomic E-state index is -0.643. The monoisotopic (exact) mass is 451 g/mol. The Balaban J connectivity index is 1.85. The second kappa shape index (κ2) is 15.5. The fourth-order valence-electron chi connectivity index (χ4n) is 1.74. The van der Waals surface area contributed by atoms with Gasteiger partial charge in [0.1, 0.15) is 0 Å². The van der Waals surface area contributed by atoms with E-state index in [1.165, 1.54) is 12.1 Å². The zero-order chi connectivity index (χ0) is 19.7. The largest absolute Gasteiger partial charge is 0.492 e. The lowest BCUT2D eigenvalue weighted by Crippen LogP contribution is -2.20. The van der Waals surface area contributed by atoms with Gasteiger partial charge in [0.05, 0.1) is 59.3 Å². The molecule has 27 heavy (non-hydrogen) atoms. The number of hydrogen-bond donors (Lipinski definition) is 2. The van der Waals surface area contributed by atoms with Crippen molar-refractivity contribution in [2.75, 3.05) is 58.2 Å². The van der Waals surface area contributed by atoms with Crippen LogP contribution in [0, 0.1) is 0 Å². The van der Waals surface area contributed by atoms with Crippen molar-refractivity contribution in [2.45, 2.75) is 6.42 Å². The number of carbonyl (C=O) groups is 1. The third-order valence-electron chi connectivity index (χ3n) is 3.03. The van der Waals surface area contributed by atoms with Gasteiger partial charge in [-0.3, -0.25) is 0 Å². The molecule has 1 aromatic heterocycles. The van der Waals surface area contributed by atoms with Crippen molar-refractivity contribution in [3.8, 4) is 11.8 Å². The van der Waals surface area contributed by atoms with E-state index in [0.717, 1.165) is 5.33 Å². The minimum absolute atomic E-state index is 0.0228. The average Bonchev–Trinajstić information content (AvgIpc) is 2.97. The Kier molecular flexibility index (Phi) is 13.4. The maximum Gasteiger partial charge on any atom is 0.335 e. The molecule has 154 valence electrons. The summed E-state index contributed by atoms with van der Waals surface area (Å²) in [4.78, 5) is 16.3. The second-order valence-corrected chi connectivity index (χ2v) is 5.74. The highest BCUT2D eigenvalue weighted by Crippen LogP contribution is 2.18. The van der Waals surface area contributed by atoms with Gasteiger partial charge in [0.25, 0.3) is 0 Å². The highest BCUT2D eigenvalue weighted by Gasteiger charge is 2.11. The van der Waals surface area contributed by atoms with Crippen molar-refractivity contribution < 1.29 is 38.8 Å². The zero-order valence-corrected chi connectivity index (χ0v) is 16.6. The van der Waals surface area contributed by atoms with E-state index in [9.17, 15) is 15.0 Å². The number of aromatic nitrogens is 1. The zero-order valence-electron chi connectivity index (χ0n) is 15.0. The summed E-state index contributed by atoms with van der Waals surface area (Å²) in [6, 6.07) is 2.41. The molecule has 0 aliphatic rings. The Hall–Kier alpha value is -1.59. The maximum atomic E-state index is 11.5. The summed E-state index contributed by atoms with van der Waals surface area (Å²) in [5.41, 5.74) is 0. The number of alkyl halides is 1. The van der Waals surface area contributed by atoms with Gasteiger partial charge in [-0.2, -0.15) is 0 Å². The first-order valence-corrected chi connectivity index (χ1v) is 9.60. The Bertz CT molecular complexity index is 530. The van der Waals surface area contributed by atoms with Crippen LogP contribution in [0.4, 0.5) is 0 Å². The predicted molar refractivity (Wildman–Crippen MR) is 100 cm³/mol. The van der Waals surface area contributed by atoms with Crippen molar-refractivity contribution in [1.82, 2.24) is 4.73 Å². The first-order chi connectivity index (χ1) is 13.1. The van der Waals surface area contributed by atoms with Gasteiger partial charge in [-0.25, -0.2) is 4.79 Å². The van der Waals surface area contributed by atoms with E-state index >= 15 is 0 Å². The van der Waals surface area contributed by atoms with Crippen molar-refractivity contribution in [3.05, 3.63) is 24.3 Å². The SMILES string of the molecule is O=C(CCOCCOCCOCCOCC=CCBr)On1c(O)ccc1O. The van der Waals surface area contributed by atoms with Crippen LogP contribution in [0.2, 0.25) is 0 Å². The maximum absolute atomic E-state index is 11.5. The molecule has 0 amide bonds. The summed E-state index contributed by atoms with van der Waals surface area (Å²) < 4.78 is 21.9. The Labute approximate surface area is 166 Å². The molecule has 0 radical (unpaired) electrons. The summed E-state index contributed by atoms with van der Waals surface area (Å²) in [7, 11) is 0. The summed E-state index contributed by atoms with van der Waals surface area (Å²) in [6.07, 6.45) is 3.88. The van der Waals surface area contributed by atoms with Crippen LogP contribution in [0.25, 0.3) is 0 Å². The summed E-state index contributed by atoms with van der Waals surface area (Å²) >= 11 is 3.28. The Morgan fingerprint density at radius 3 is 1.96 bits per heavy atom. The molecule has 10 heteroatoms. The molecule has 0 saturated heterocycles. The van der Waals surface area contributed by atoms with Crippen LogP contribution in [0.3, 0.4) is 0 Å². The molecule has 1 rings (SSSR count). The molecule has 0 unspecified atom stereocenters. The molecule has 1 aromatic rings. The molecule has 0 fully saturated rings. The topological polar surface area (TPSA) is 109 Å². The lowest BCUT2D eigenvalue weighted by molar-refractivity contribution is -0.146. The van der Waals surface area contributed by atoms with E-state index in [1.54, 1.807) is 0 Å². The lowest BCUT2D eigenvalue weighted by atomic mass is 10.5. The van der Waals surface area contributed by atoms with Crippen molar-refractivity contribution in [2.24, 2.45) is 0 Å². The van der Waals surface area contributed by atoms with Crippen LogP contribution in [0.1, 0.15) is 6.42 Å². The van der Waals surface area contributed by atoms with E-state index in [4.69, 9.17) is 23.8 Å². The molecule has 1 heterocycles. The van der Waals surface area contributed by atoms with Gasteiger partial charge in [0, 0.05) is 17.5 Å². The van der Waals surface area contributed by atoms with E-state index in [-0.39, 0.29) is 24.8 Å².